The summed E-state index contributed by atoms with van der Waals surface area (Å²) in [6.07, 6.45) is 0. The Hall–Kier alpha value is -4.05. The van der Waals surface area contributed by atoms with Gasteiger partial charge in [-0.25, -0.2) is 4.39 Å². The number of para-hydroxylation sites is 1. The maximum absolute atomic E-state index is 13.7. The lowest BCUT2D eigenvalue weighted by molar-refractivity contribution is 0.0926. The molecule has 4 aromatic rings. The minimum Gasteiger partial charge on any atom is -0.350 e. The fourth-order valence-corrected chi connectivity index (χ4v) is 4.23. The summed E-state index contributed by atoms with van der Waals surface area (Å²) < 4.78 is 15.3. The van der Waals surface area contributed by atoms with Crippen LogP contribution in [0, 0.1) is 12.7 Å². The molecule has 35 heavy (non-hydrogen) atoms. The van der Waals surface area contributed by atoms with Crippen LogP contribution in [0.4, 0.5) is 4.39 Å². The largest absolute Gasteiger partial charge is 0.350 e. The fraction of sp³-hybridized carbons (Fsp3) is 0.160. The van der Waals surface area contributed by atoms with E-state index in [0.29, 0.717) is 22.7 Å². The summed E-state index contributed by atoms with van der Waals surface area (Å²) in [5.74, 6) is 0.0381. The molecular weight excluding hydrogens is 467 g/mol. The molecule has 1 heterocycles. The second kappa shape index (κ2) is 11.4. The molecule has 10 heteroatoms. The first-order chi connectivity index (χ1) is 17.0. The third kappa shape index (κ3) is 6.10. The molecule has 0 unspecified atom stereocenters. The number of thioether (sulfide) groups is 1. The van der Waals surface area contributed by atoms with Gasteiger partial charge in [-0.1, -0.05) is 36.4 Å². The number of nitrogens with one attached hydrogen (secondary N) is 2. The summed E-state index contributed by atoms with van der Waals surface area (Å²) in [5, 5.41) is 17.4. The van der Waals surface area contributed by atoms with E-state index in [1.807, 2.05) is 42.5 Å². The molecule has 3 aromatic carbocycles. The number of aromatic nitrogens is 4. The average Bonchev–Trinajstić information content (AvgIpc) is 3.36. The van der Waals surface area contributed by atoms with Crippen LogP contribution < -0.4 is 10.6 Å². The van der Waals surface area contributed by atoms with Gasteiger partial charge in [-0.15, -0.1) is 16.9 Å². The van der Waals surface area contributed by atoms with Gasteiger partial charge < -0.3 is 10.6 Å². The number of carbonyl (C=O) groups is 2. The second-order valence-corrected chi connectivity index (χ2v) is 8.62. The minimum absolute atomic E-state index is 0.210. The van der Waals surface area contributed by atoms with Crippen molar-refractivity contribution in [2.45, 2.75) is 17.6 Å². The molecule has 178 valence electrons. The minimum atomic E-state index is -0.433. The number of hydrogen-bond donors (Lipinski definition) is 2. The normalized spacial score (nSPS) is 10.7. The van der Waals surface area contributed by atoms with Crippen LogP contribution in [0.2, 0.25) is 0 Å². The molecule has 0 radical (unpaired) electrons. The van der Waals surface area contributed by atoms with Crippen LogP contribution in [0.1, 0.15) is 32.1 Å². The van der Waals surface area contributed by atoms with Crippen LogP contribution in [-0.4, -0.2) is 45.1 Å². The highest BCUT2D eigenvalue weighted by Gasteiger charge is 2.14. The number of hydrogen-bond acceptors (Lipinski definition) is 6. The van der Waals surface area contributed by atoms with Crippen LogP contribution >= 0.6 is 11.8 Å². The van der Waals surface area contributed by atoms with Gasteiger partial charge in [0.15, 0.2) is 5.82 Å². The van der Waals surface area contributed by atoms with Gasteiger partial charge in [0, 0.05) is 23.5 Å². The van der Waals surface area contributed by atoms with Gasteiger partial charge >= 0.3 is 0 Å². The van der Waals surface area contributed by atoms with Crippen molar-refractivity contribution in [3.8, 4) is 5.69 Å². The lowest BCUT2D eigenvalue weighted by Crippen LogP contribution is -2.34. The molecule has 0 atom stereocenters. The molecule has 1 aromatic heterocycles. The molecule has 0 saturated carbocycles. The number of aryl methyl sites for hydroxylation is 1. The van der Waals surface area contributed by atoms with E-state index in [1.54, 1.807) is 35.9 Å². The van der Waals surface area contributed by atoms with Crippen LogP contribution in [0.25, 0.3) is 5.69 Å². The predicted molar refractivity (Wildman–Crippen MR) is 131 cm³/mol. The highest BCUT2D eigenvalue weighted by atomic mass is 32.2. The summed E-state index contributed by atoms with van der Waals surface area (Å²) in [4.78, 5) is 25.8. The number of halogens is 1. The smallest absolute Gasteiger partial charge is 0.252 e. The van der Waals surface area contributed by atoms with E-state index < -0.39 is 11.7 Å². The maximum Gasteiger partial charge on any atom is 0.252 e. The zero-order valence-corrected chi connectivity index (χ0v) is 19.8. The van der Waals surface area contributed by atoms with Crippen LogP contribution in [-0.2, 0) is 5.75 Å². The van der Waals surface area contributed by atoms with Crippen molar-refractivity contribution in [3.63, 3.8) is 0 Å². The van der Waals surface area contributed by atoms with Gasteiger partial charge in [-0.2, -0.15) is 4.68 Å². The quantitative estimate of drug-likeness (QED) is 0.275. The third-order valence-electron chi connectivity index (χ3n) is 5.15. The number of rotatable bonds is 9. The second-order valence-electron chi connectivity index (χ2n) is 7.60. The number of benzene rings is 3. The van der Waals surface area contributed by atoms with Gasteiger partial charge in [0.25, 0.3) is 11.8 Å². The van der Waals surface area contributed by atoms with Crippen molar-refractivity contribution in [2.24, 2.45) is 0 Å². The molecule has 2 amide bonds. The van der Waals surface area contributed by atoms with Gasteiger partial charge in [0.1, 0.15) is 5.82 Å². The Bertz CT molecular complexity index is 1330. The molecule has 0 saturated heterocycles. The summed E-state index contributed by atoms with van der Waals surface area (Å²) in [7, 11) is 0. The van der Waals surface area contributed by atoms with Crippen molar-refractivity contribution in [2.75, 3.05) is 13.1 Å². The molecule has 8 nitrogen and oxygen atoms in total. The SMILES string of the molecule is Cc1ccc(C(=O)NCCNC(=O)c2ccccc2SCc2nnnn2-c2ccccc2)cc1F. The van der Waals surface area contributed by atoms with Crippen molar-refractivity contribution in [3.05, 3.63) is 101 Å². The zero-order chi connectivity index (χ0) is 24.6. The number of tetrazole rings is 1. The monoisotopic (exact) mass is 490 g/mol. The molecule has 0 spiro atoms. The Labute approximate surface area is 205 Å². The lowest BCUT2D eigenvalue weighted by atomic mass is 10.1. The Kier molecular flexibility index (Phi) is 7.84. The van der Waals surface area contributed by atoms with E-state index in [4.69, 9.17) is 0 Å². The molecule has 2 N–H and O–H groups in total. The molecule has 4 rings (SSSR count). The number of amides is 2. The first-order valence-electron chi connectivity index (χ1n) is 10.9. The lowest BCUT2D eigenvalue weighted by Gasteiger charge is -2.11. The predicted octanol–water partition coefficient (Wildman–Crippen LogP) is 3.56. The first-order valence-corrected chi connectivity index (χ1v) is 11.9. The van der Waals surface area contributed by atoms with E-state index >= 15 is 0 Å². The van der Waals surface area contributed by atoms with Crippen molar-refractivity contribution in [1.82, 2.24) is 30.8 Å². The summed E-state index contributed by atoms with van der Waals surface area (Å²) in [5.41, 5.74) is 2.08. The molecule has 0 aliphatic rings. The van der Waals surface area contributed by atoms with Gasteiger partial charge in [0.2, 0.25) is 0 Å². The highest BCUT2D eigenvalue weighted by Crippen LogP contribution is 2.26. The van der Waals surface area contributed by atoms with E-state index in [2.05, 4.69) is 26.2 Å². The number of nitrogens with zero attached hydrogens (tertiary/aromatic N) is 4. The third-order valence-corrected chi connectivity index (χ3v) is 6.22. The Balaban J connectivity index is 1.32. The van der Waals surface area contributed by atoms with E-state index in [9.17, 15) is 14.0 Å². The Morgan fingerprint density at radius 3 is 2.43 bits per heavy atom. The molecule has 0 fully saturated rings. The van der Waals surface area contributed by atoms with Crippen molar-refractivity contribution < 1.29 is 14.0 Å². The highest BCUT2D eigenvalue weighted by molar-refractivity contribution is 7.98. The van der Waals surface area contributed by atoms with Crippen molar-refractivity contribution in [1.29, 1.82) is 0 Å². The Morgan fingerprint density at radius 1 is 0.943 bits per heavy atom. The van der Waals surface area contributed by atoms with Gasteiger partial charge in [0.05, 0.1) is 17.0 Å². The molecule has 0 aliphatic heterocycles. The summed E-state index contributed by atoms with van der Waals surface area (Å²) in [6, 6.07) is 21.2. The van der Waals surface area contributed by atoms with Crippen LogP contribution in [0.3, 0.4) is 0 Å². The van der Waals surface area contributed by atoms with E-state index in [-0.39, 0.29) is 24.6 Å². The van der Waals surface area contributed by atoms with Crippen molar-refractivity contribution >= 4 is 23.6 Å². The zero-order valence-electron chi connectivity index (χ0n) is 18.9. The van der Waals surface area contributed by atoms with Crippen LogP contribution in [0.5, 0.6) is 0 Å². The molecular formula is C25H23FN6O2S. The molecule has 0 bridgehead atoms. The van der Waals surface area contributed by atoms with E-state index in [1.165, 1.54) is 17.8 Å². The standard InChI is InChI=1S/C25H23FN6O2S/c1-17-11-12-18(15-21(17)26)24(33)27-13-14-28-25(34)20-9-5-6-10-22(20)35-16-23-29-30-31-32(23)19-7-3-2-4-8-19/h2-12,15H,13-14,16H2,1H3,(H,27,33)(H,28,34). The fourth-order valence-electron chi connectivity index (χ4n) is 3.27. The van der Waals surface area contributed by atoms with Gasteiger partial charge in [-0.3, -0.25) is 9.59 Å². The van der Waals surface area contributed by atoms with Gasteiger partial charge in [-0.05, 0) is 59.3 Å². The topological polar surface area (TPSA) is 102 Å². The molecule has 0 aliphatic carbocycles. The van der Waals surface area contributed by atoms with E-state index in [0.717, 1.165) is 10.6 Å². The number of carbonyl (C=O) groups excluding carboxylic acids is 2. The summed E-state index contributed by atoms with van der Waals surface area (Å²) in [6.45, 7) is 2.07. The summed E-state index contributed by atoms with van der Waals surface area (Å²) >= 11 is 1.46. The Morgan fingerprint density at radius 2 is 1.66 bits per heavy atom. The maximum atomic E-state index is 13.7. The first kappa shape index (κ1) is 24.1. The average molecular weight is 491 g/mol. The van der Waals surface area contributed by atoms with Crippen LogP contribution in [0.15, 0.2) is 77.7 Å².